The highest BCUT2D eigenvalue weighted by Crippen LogP contribution is 2.24. The van der Waals surface area contributed by atoms with E-state index in [0.717, 1.165) is 5.56 Å². The molecular formula is C18H24N2O5. The van der Waals surface area contributed by atoms with E-state index >= 15 is 0 Å². The van der Waals surface area contributed by atoms with Gasteiger partial charge in [0.05, 0.1) is 24.3 Å². The Morgan fingerprint density at radius 3 is 2.40 bits per heavy atom. The molecule has 2 N–H and O–H groups in total. The Labute approximate surface area is 147 Å². The third kappa shape index (κ3) is 4.49. The van der Waals surface area contributed by atoms with Crippen molar-refractivity contribution in [1.82, 2.24) is 4.90 Å². The fourth-order valence-electron chi connectivity index (χ4n) is 2.83. The summed E-state index contributed by atoms with van der Waals surface area (Å²) in [5.41, 5.74) is 1.67. The summed E-state index contributed by atoms with van der Waals surface area (Å²) in [7, 11) is 1.30. The van der Waals surface area contributed by atoms with E-state index in [2.05, 4.69) is 5.32 Å². The predicted molar refractivity (Wildman–Crippen MR) is 92.8 cm³/mol. The Morgan fingerprint density at radius 2 is 1.88 bits per heavy atom. The number of carboxylic acids is 1. The van der Waals surface area contributed by atoms with Gasteiger partial charge in [-0.15, -0.1) is 0 Å². The summed E-state index contributed by atoms with van der Waals surface area (Å²) in [6, 6.07) is 4.95. The zero-order valence-corrected chi connectivity index (χ0v) is 14.7. The van der Waals surface area contributed by atoms with E-state index in [1.54, 1.807) is 17.0 Å². The lowest BCUT2D eigenvalue weighted by Crippen LogP contribution is -2.42. The fourth-order valence-corrected chi connectivity index (χ4v) is 2.83. The number of anilines is 1. The number of carbonyl (C=O) groups excluding carboxylic acids is 2. The third-order valence-corrected chi connectivity index (χ3v) is 4.49. The molecule has 0 atom stereocenters. The van der Waals surface area contributed by atoms with Crippen molar-refractivity contribution in [3.8, 4) is 0 Å². The standard InChI is InChI=1S/C18H24N2O5/c1-11(2)13-4-5-15(14(10-13)17(23)25-3)19-18(24)20-8-6-12(7-9-20)16(21)22/h4-5,10-12H,6-9H2,1-3H3,(H,19,24)(H,21,22). The number of carboxylic acid groups (broad SMARTS) is 1. The fraction of sp³-hybridized carbons (Fsp3) is 0.500. The minimum absolute atomic E-state index is 0.239. The minimum Gasteiger partial charge on any atom is -0.481 e. The van der Waals surface area contributed by atoms with Crippen LogP contribution >= 0.6 is 0 Å². The zero-order valence-electron chi connectivity index (χ0n) is 14.7. The van der Waals surface area contributed by atoms with Crippen LogP contribution in [0.3, 0.4) is 0 Å². The van der Waals surface area contributed by atoms with Gasteiger partial charge in [-0.2, -0.15) is 0 Å². The normalized spacial score (nSPS) is 15.1. The van der Waals surface area contributed by atoms with Crippen molar-refractivity contribution in [3.05, 3.63) is 29.3 Å². The molecule has 0 aliphatic carbocycles. The maximum Gasteiger partial charge on any atom is 0.339 e. The molecule has 1 fully saturated rings. The van der Waals surface area contributed by atoms with Gasteiger partial charge in [0.1, 0.15) is 0 Å². The number of benzene rings is 1. The summed E-state index contributed by atoms with van der Waals surface area (Å²) in [5.74, 6) is -1.50. The number of nitrogens with zero attached hydrogens (tertiary/aromatic N) is 1. The Hall–Kier alpha value is -2.57. The molecule has 0 unspecified atom stereocenters. The molecule has 1 aliphatic heterocycles. The average Bonchev–Trinajstić information content (AvgIpc) is 2.61. The number of urea groups is 1. The number of piperidine rings is 1. The van der Waals surface area contributed by atoms with Crippen molar-refractivity contribution in [2.45, 2.75) is 32.6 Å². The van der Waals surface area contributed by atoms with Crippen LogP contribution in [0.4, 0.5) is 10.5 Å². The van der Waals surface area contributed by atoms with E-state index in [4.69, 9.17) is 9.84 Å². The molecule has 0 bridgehead atoms. The Balaban J connectivity index is 2.12. The van der Waals surface area contributed by atoms with Crippen LogP contribution in [-0.2, 0) is 9.53 Å². The van der Waals surface area contributed by atoms with Gasteiger partial charge in [0.15, 0.2) is 0 Å². The van der Waals surface area contributed by atoms with Crippen molar-refractivity contribution in [3.63, 3.8) is 0 Å². The predicted octanol–water partition coefficient (Wildman–Crippen LogP) is 2.93. The summed E-state index contributed by atoms with van der Waals surface area (Å²) >= 11 is 0. The molecular weight excluding hydrogens is 324 g/mol. The van der Waals surface area contributed by atoms with Gasteiger partial charge in [-0.1, -0.05) is 19.9 Å². The molecule has 1 heterocycles. The van der Waals surface area contributed by atoms with E-state index in [-0.39, 0.29) is 11.9 Å². The monoisotopic (exact) mass is 348 g/mol. The van der Waals surface area contributed by atoms with Crippen molar-refractivity contribution in [1.29, 1.82) is 0 Å². The molecule has 25 heavy (non-hydrogen) atoms. The molecule has 1 aromatic rings. The molecule has 0 saturated carbocycles. The first-order chi connectivity index (χ1) is 11.8. The smallest absolute Gasteiger partial charge is 0.339 e. The summed E-state index contributed by atoms with van der Waals surface area (Å²) in [6.07, 6.45) is 0.859. The van der Waals surface area contributed by atoms with Gasteiger partial charge in [-0.25, -0.2) is 9.59 Å². The van der Waals surface area contributed by atoms with E-state index in [1.165, 1.54) is 7.11 Å². The van der Waals surface area contributed by atoms with Crippen LogP contribution < -0.4 is 5.32 Å². The number of hydrogen-bond acceptors (Lipinski definition) is 4. The quantitative estimate of drug-likeness (QED) is 0.816. The van der Waals surface area contributed by atoms with E-state index < -0.39 is 17.9 Å². The third-order valence-electron chi connectivity index (χ3n) is 4.49. The van der Waals surface area contributed by atoms with Crippen LogP contribution in [0.2, 0.25) is 0 Å². The number of rotatable bonds is 4. The van der Waals surface area contributed by atoms with Crippen molar-refractivity contribution < 1.29 is 24.2 Å². The number of ether oxygens (including phenoxy) is 1. The van der Waals surface area contributed by atoms with Crippen LogP contribution in [0.15, 0.2) is 18.2 Å². The van der Waals surface area contributed by atoms with Crippen molar-refractivity contribution in [2.24, 2.45) is 5.92 Å². The van der Waals surface area contributed by atoms with Gasteiger partial charge < -0.3 is 20.1 Å². The number of esters is 1. The van der Waals surface area contributed by atoms with E-state index in [9.17, 15) is 14.4 Å². The number of methoxy groups -OCH3 is 1. The number of aliphatic carboxylic acids is 1. The zero-order chi connectivity index (χ0) is 18.6. The van der Waals surface area contributed by atoms with Crippen LogP contribution in [0, 0.1) is 5.92 Å². The second-order valence-electron chi connectivity index (χ2n) is 6.48. The molecule has 7 heteroatoms. The van der Waals surface area contributed by atoms with Gasteiger partial charge >= 0.3 is 18.0 Å². The summed E-state index contributed by atoms with van der Waals surface area (Å²) in [5, 5.41) is 11.8. The largest absolute Gasteiger partial charge is 0.481 e. The first-order valence-electron chi connectivity index (χ1n) is 8.34. The molecule has 0 spiro atoms. The maximum absolute atomic E-state index is 12.4. The Bertz CT molecular complexity index is 663. The molecule has 1 aliphatic rings. The molecule has 0 aromatic heterocycles. The first-order valence-corrected chi connectivity index (χ1v) is 8.34. The van der Waals surface area contributed by atoms with E-state index in [1.807, 2.05) is 19.9 Å². The van der Waals surface area contributed by atoms with Crippen LogP contribution in [0.5, 0.6) is 0 Å². The second kappa shape index (κ2) is 8.00. The SMILES string of the molecule is COC(=O)c1cc(C(C)C)ccc1NC(=O)N1CCC(C(=O)O)CC1. The van der Waals surface area contributed by atoms with Crippen LogP contribution in [0.1, 0.15) is 48.5 Å². The molecule has 2 amide bonds. The summed E-state index contributed by atoms with van der Waals surface area (Å²) in [4.78, 5) is 37.0. The lowest BCUT2D eigenvalue weighted by molar-refractivity contribution is -0.143. The van der Waals surface area contributed by atoms with Crippen LogP contribution in [0.25, 0.3) is 0 Å². The van der Waals surface area contributed by atoms with Gasteiger partial charge in [0, 0.05) is 13.1 Å². The first kappa shape index (κ1) is 18.8. The maximum atomic E-state index is 12.4. The van der Waals surface area contributed by atoms with Gasteiger partial charge in [-0.05, 0) is 36.5 Å². The summed E-state index contributed by atoms with van der Waals surface area (Å²) in [6.45, 7) is 4.78. The number of nitrogens with one attached hydrogen (secondary N) is 1. The van der Waals surface area contributed by atoms with Gasteiger partial charge in [0.2, 0.25) is 0 Å². The Morgan fingerprint density at radius 1 is 1.24 bits per heavy atom. The molecule has 1 aromatic carbocycles. The number of likely N-dealkylation sites (tertiary alicyclic amines) is 1. The van der Waals surface area contributed by atoms with Crippen LogP contribution in [-0.4, -0.2) is 48.2 Å². The minimum atomic E-state index is -0.822. The molecule has 1 saturated heterocycles. The lowest BCUT2D eigenvalue weighted by Gasteiger charge is -2.30. The van der Waals surface area contributed by atoms with E-state index in [0.29, 0.717) is 37.2 Å². The average molecular weight is 348 g/mol. The molecule has 7 nitrogen and oxygen atoms in total. The molecule has 0 radical (unpaired) electrons. The highest BCUT2D eigenvalue weighted by atomic mass is 16.5. The molecule has 2 rings (SSSR count). The summed E-state index contributed by atoms with van der Waals surface area (Å²) < 4.78 is 4.81. The highest BCUT2D eigenvalue weighted by molar-refractivity contribution is 6.01. The second-order valence-corrected chi connectivity index (χ2v) is 6.48. The Kier molecular flexibility index (Phi) is 6.01. The van der Waals surface area contributed by atoms with Crippen molar-refractivity contribution >= 4 is 23.7 Å². The highest BCUT2D eigenvalue weighted by Gasteiger charge is 2.27. The molecule has 136 valence electrons. The number of amides is 2. The number of carbonyl (C=O) groups is 3. The number of hydrogen-bond donors (Lipinski definition) is 2. The van der Waals surface area contributed by atoms with Crippen molar-refractivity contribution in [2.75, 3.05) is 25.5 Å². The van der Waals surface area contributed by atoms with Gasteiger partial charge in [0.25, 0.3) is 0 Å². The topological polar surface area (TPSA) is 95.9 Å². The van der Waals surface area contributed by atoms with Gasteiger partial charge in [-0.3, -0.25) is 4.79 Å². The lowest BCUT2D eigenvalue weighted by atomic mass is 9.97.